The highest BCUT2D eigenvalue weighted by Gasteiger charge is 2.51. The molecule has 1 amide bonds. The highest BCUT2D eigenvalue weighted by molar-refractivity contribution is 5.77. The van der Waals surface area contributed by atoms with E-state index in [1.807, 2.05) is 20.8 Å². The maximum atomic E-state index is 12.2. The second kappa shape index (κ2) is 5.26. The minimum Gasteiger partial charge on any atom is -0.481 e. The molecule has 2 fully saturated rings. The molecule has 1 atom stereocenters. The van der Waals surface area contributed by atoms with Gasteiger partial charge in [0.05, 0.1) is 5.41 Å². The van der Waals surface area contributed by atoms with Crippen molar-refractivity contribution in [3.63, 3.8) is 0 Å². The molecule has 1 saturated carbocycles. The molecule has 2 rings (SSSR count). The summed E-state index contributed by atoms with van der Waals surface area (Å²) < 4.78 is 5.38. The molecular formula is C15H25NO4. The third-order valence-corrected chi connectivity index (χ3v) is 4.49. The Bertz CT molecular complexity index is 397. The molecule has 0 bridgehead atoms. The smallest absolute Gasteiger partial charge is 0.410 e. The molecule has 0 aromatic carbocycles. The zero-order valence-electron chi connectivity index (χ0n) is 12.6. The Morgan fingerprint density at radius 3 is 2.35 bits per heavy atom. The average molecular weight is 283 g/mol. The molecule has 1 aliphatic heterocycles. The predicted octanol–water partition coefficient (Wildman–Crippen LogP) is 2.89. The zero-order chi connectivity index (χ0) is 15.0. The molecule has 5 nitrogen and oxygen atoms in total. The fraction of sp³-hybridized carbons (Fsp3) is 0.867. The Hall–Kier alpha value is -1.26. The molecule has 2 aliphatic rings. The Balaban J connectivity index is 2.10. The van der Waals surface area contributed by atoms with E-state index in [4.69, 9.17) is 4.74 Å². The van der Waals surface area contributed by atoms with E-state index < -0.39 is 17.0 Å². The first-order chi connectivity index (χ1) is 9.24. The monoisotopic (exact) mass is 283 g/mol. The SMILES string of the molecule is CC(C)(C)OC(=O)N1CCCC(C(=O)O)(C2CCC2)C1. The van der Waals surface area contributed by atoms with Crippen molar-refractivity contribution in [3.05, 3.63) is 0 Å². The van der Waals surface area contributed by atoms with Crippen LogP contribution in [0.1, 0.15) is 52.9 Å². The van der Waals surface area contributed by atoms with Crippen LogP contribution >= 0.6 is 0 Å². The standard InChI is InChI=1S/C15H25NO4/c1-14(2,3)20-13(19)16-9-5-8-15(10-16,12(17)18)11-6-4-7-11/h11H,4-10H2,1-3H3,(H,17,18). The van der Waals surface area contributed by atoms with Gasteiger partial charge in [-0.2, -0.15) is 0 Å². The van der Waals surface area contributed by atoms with Gasteiger partial charge in [-0.15, -0.1) is 0 Å². The number of likely N-dealkylation sites (tertiary alicyclic amines) is 1. The molecule has 1 N–H and O–H groups in total. The normalized spacial score (nSPS) is 27.9. The van der Waals surface area contributed by atoms with Crippen molar-refractivity contribution >= 4 is 12.1 Å². The quantitative estimate of drug-likeness (QED) is 0.846. The summed E-state index contributed by atoms with van der Waals surface area (Å²) >= 11 is 0. The van der Waals surface area contributed by atoms with Gasteiger partial charge in [-0.25, -0.2) is 4.79 Å². The van der Waals surface area contributed by atoms with Crippen molar-refractivity contribution in [3.8, 4) is 0 Å². The zero-order valence-corrected chi connectivity index (χ0v) is 12.6. The van der Waals surface area contributed by atoms with E-state index in [1.165, 1.54) is 0 Å². The van der Waals surface area contributed by atoms with Gasteiger partial charge in [-0.1, -0.05) is 6.42 Å². The highest BCUT2D eigenvalue weighted by Crippen LogP contribution is 2.47. The number of carboxylic acid groups (broad SMARTS) is 1. The van der Waals surface area contributed by atoms with Crippen molar-refractivity contribution in [2.24, 2.45) is 11.3 Å². The average Bonchev–Trinajstić information content (AvgIpc) is 2.24. The van der Waals surface area contributed by atoms with Gasteiger partial charge in [0.2, 0.25) is 0 Å². The summed E-state index contributed by atoms with van der Waals surface area (Å²) in [5, 5.41) is 9.68. The summed E-state index contributed by atoms with van der Waals surface area (Å²) in [6, 6.07) is 0. The molecule has 1 unspecified atom stereocenters. The van der Waals surface area contributed by atoms with Crippen LogP contribution in [0.2, 0.25) is 0 Å². The number of nitrogens with zero attached hydrogens (tertiary/aromatic N) is 1. The summed E-state index contributed by atoms with van der Waals surface area (Å²) in [4.78, 5) is 25.5. The first-order valence-corrected chi connectivity index (χ1v) is 7.46. The van der Waals surface area contributed by atoms with Crippen LogP contribution in [0.5, 0.6) is 0 Å². The molecular weight excluding hydrogens is 258 g/mol. The number of carbonyl (C=O) groups is 2. The number of aliphatic carboxylic acids is 1. The largest absolute Gasteiger partial charge is 0.481 e. The van der Waals surface area contributed by atoms with Crippen LogP contribution < -0.4 is 0 Å². The second-order valence-corrected chi connectivity index (χ2v) is 7.09. The summed E-state index contributed by atoms with van der Waals surface area (Å²) in [6.45, 7) is 6.36. The van der Waals surface area contributed by atoms with Gasteiger partial charge in [0.1, 0.15) is 5.60 Å². The van der Waals surface area contributed by atoms with E-state index >= 15 is 0 Å². The molecule has 1 saturated heterocycles. The van der Waals surface area contributed by atoms with Crippen LogP contribution in [0.4, 0.5) is 4.79 Å². The topological polar surface area (TPSA) is 66.8 Å². The summed E-state index contributed by atoms with van der Waals surface area (Å²) in [7, 11) is 0. The lowest BCUT2D eigenvalue weighted by Gasteiger charge is -2.47. The number of ether oxygens (including phenoxy) is 1. The summed E-state index contributed by atoms with van der Waals surface area (Å²) in [6.07, 6.45) is 4.06. The number of amides is 1. The van der Waals surface area contributed by atoms with Crippen LogP contribution in [-0.4, -0.2) is 40.8 Å². The first-order valence-electron chi connectivity index (χ1n) is 7.46. The van der Waals surface area contributed by atoms with Crippen molar-refractivity contribution in [2.75, 3.05) is 13.1 Å². The predicted molar refractivity (Wildman–Crippen MR) is 74.5 cm³/mol. The van der Waals surface area contributed by atoms with Gasteiger partial charge in [0.15, 0.2) is 0 Å². The van der Waals surface area contributed by atoms with Gasteiger partial charge < -0.3 is 14.7 Å². The molecule has 0 aromatic heterocycles. The molecule has 5 heteroatoms. The maximum Gasteiger partial charge on any atom is 0.410 e. The number of hydrogen-bond donors (Lipinski definition) is 1. The molecule has 1 heterocycles. The second-order valence-electron chi connectivity index (χ2n) is 7.09. The lowest BCUT2D eigenvalue weighted by atomic mass is 9.62. The van der Waals surface area contributed by atoms with Crippen LogP contribution in [0.25, 0.3) is 0 Å². The Morgan fingerprint density at radius 2 is 1.90 bits per heavy atom. The van der Waals surface area contributed by atoms with E-state index in [2.05, 4.69) is 0 Å². The Labute approximate surface area is 120 Å². The van der Waals surface area contributed by atoms with Crippen LogP contribution in [0, 0.1) is 11.3 Å². The lowest BCUT2D eigenvalue weighted by molar-refractivity contribution is -0.160. The Morgan fingerprint density at radius 1 is 1.25 bits per heavy atom. The minimum absolute atomic E-state index is 0.213. The first kappa shape index (κ1) is 15.1. The fourth-order valence-electron chi connectivity index (χ4n) is 3.21. The third-order valence-electron chi connectivity index (χ3n) is 4.49. The molecule has 0 radical (unpaired) electrons. The van der Waals surface area contributed by atoms with E-state index in [0.29, 0.717) is 19.5 Å². The third kappa shape index (κ3) is 2.91. The molecule has 0 spiro atoms. The van der Waals surface area contributed by atoms with Gasteiger partial charge in [-0.05, 0) is 52.4 Å². The fourth-order valence-corrected chi connectivity index (χ4v) is 3.21. The molecule has 114 valence electrons. The minimum atomic E-state index is -0.757. The van der Waals surface area contributed by atoms with E-state index in [-0.39, 0.29) is 12.0 Å². The number of carboxylic acids is 1. The van der Waals surface area contributed by atoms with Crippen molar-refractivity contribution in [1.82, 2.24) is 4.90 Å². The van der Waals surface area contributed by atoms with Crippen LogP contribution in [0.15, 0.2) is 0 Å². The lowest BCUT2D eigenvalue weighted by Crippen LogP contribution is -2.55. The van der Waals surface area contributed by atoms with E-state index in [1.54, 1.807) is 4.90 Å². The number of rotatable bonds is 2. The highest BCUT2D eigenvalue weighted by atomic mass is 16.6. The van der Waals surface area contributed by atoms with Gasteiger partial charge >= 0.3 is 12.1 Å². The summed E-state index contributed by atoms with van der Waals surface area (Å²) in [5.41, 5.74) is -1.30. The number of hydrogen-bond acceptors (Lipinski definition) is 3. The van der Waals surface area contributed by atoms with Crippen molar-refractivity contribution < 1.29 is 19.4 Å². The maximum absolute atomic E-state index is 12.2. The van der Waals surface area contributed by atoms with Crippen molar-refractivity contribution in [2.45, 2.75) is 58.5 Å². The molecule has 20 heavy (non-hydrogen) atoms. The van der Waals surface area contributed by atoms with Crippen molar-refractivity contribution in [1.29, 1.82) is 0 Å². The van der Waals surface area contributed by atoms with Gasteiger partial charge in [0, 0.05) is 13.1 Å². The number of piperidine rings is 1. The van der Waals surface area contributed by atoms with Gasteiger partial charge in [0.25, 0.3) is 0 Å². The number of carbonyl (C=O) groups excluding carboxylic acids is 1. The molecule has 0 aromatic rings. The Kier molecular flexibility index (Phi) is 3.98. The van der Waals surface area contributed by atoms with Gasteiger partial charge in [-0.3, -0.25) is 4.79 Å². The summed E-state index contributed by atoms with van der Waals surface area (Å²) in [5.74, 6) is -0.541. The van der Waals surface area contributed by atoms with Crippen LogP contribution in [-0.2, 0) is 9.53 Å². The molecule has 1 aliphatic carbocycles. The van der Waals surface area contributed by atoms with Crippen LogP contribution in [0.3, 0.4) is 0 Å². The van der Waals surface area contributed by atoms with E-state index in [9.17, 15) is 14.7 Å². The van der Waals surface area contributed by atoms with E-state index in [0.717, 1.165) is 25.7 Å².